The van der Waals surface area contributed by atoms with Gasteiger partial charge in [0.05, 0.1) is 24.4 Å². The summed E-state index contributed by atoms with van der Waals surface area (Å²) in [6.07, 6.45) is 8.52. The molecule has 2 N–H and O–H groups in total. The fourth-order valence-corrected chi connectivity index (χ4v) is 3.12. The van der Waals surface area contributed by atoms with Gasteiger partial charge in [-0.05, 0) is 57.8 Å². The van der Waals surface area contributed by atoms with Gasteiger partial charge in [0.1, 0.15) is 5.69 Å². The average molecular weight is 375 g/mol. The van der Waals surface area contributed by atoms with Crippen molar-refractivity contribution in [3.05, 3.63) is 11.9 Å². The van der Waals surface area contributed by atoms with E-state index < -0.39 is 11.7 Å². The molecule has 0 aliphatic heterocycles. The second-order valence-electron chi connectivity index (χ2n) is 8.85. The Labute approximate surface area is 159 Å². The van der Waals surface area contributed by atoms with Crippen LogP contribution in [0.4, 0.5) is 4.79 Å². The van der Waals surface area contributed by atoms with Crippen LogP contribution in [0, 0.1) is 11.8 Å². The van der Waals surface area contributed by atoms with E-state index in [2.05, 4.69) is 15.3 Å². The van der Waals surface area contributed by atoms with Crippen molar-refractivity contribution in [3.8, 4) is 11.8 Å². The minimum Gasteiger partial charge on any atom is -0.476 e. The number of carbonyl (C=O) groups excluding carboxylic acids is 1. The Bertz CT molecular complexity index is 691. The predicted molar refractivity (Wildman–Crippen MR) is 98.8 cm³/mol. The van der Waals surface area contributed by atoms with E-state index in [4.69, 9.17) is 9.47 Å². The molecule has 0 spiro atoms. The highest BCUT2D eigenvalue weighted by Gasteiger charge is 2.35. The molecule has 3 saturated carbocycles. The number of nitrogens with zero attached hydrogens (tertiary/aromatic N) is 2. The van der Waals surface area contributed by atoms with Crippen molar-refractivity contribution < 1.29 is 19.4 Å². The molecule has 0 bridgehead atoms. The SMILES string of the molecule is CC(C)(O)[C@H](CC1CC1)NC(=O)Oc1cnc(C2CC2)c(OCC2CC2)n1. The fraction of sp³-hybridized carbons (Fsp3) is 0.750. The van der Waals surface area contributed by atoms with Crippen LogP contribution in [0.5, 0.6) is 11.8 Å². The van der Waals surface area contributed by atoms with E-state index in [-0.39, 0.29) is 11.9 Å². The highest BCUT2D eigenvalue weighted by Crippen LogP contribution is 2.43. The number of ether oxygens (including phenoxy) is 2. The van der Waals surface area contributed by atoms with Gasteiger partial charge in [0.15, 0.2) is 0 Å². The molecule has 148 valence electrons. The monoisotopic (exact) mass is 375 g/mol. The summed E-state index contributed by atoms with van der Waals surface area (Å²) in [4.78, 5) is 21.2. The topological polar surface area (TPSA) is 93.6 Å². The first-order valence-corrected chi connectivity index (χ1v) is 10.1. The van der Waals surface area contributed by atoms with Crippen molar-refractivity contribution in [1.82, 2.24) is 15.3 Å². The fourth-order valence-electron chi connectivity index (χ4n) is 3.12. The Hall–Kier alpha value is -1.89. The van der Waals surface area contributed by atoms with Gasteiger partial charge < -0.3 is 19.9 Å². The molecule has 0 saturated heterocycles. The molecule has 3 aliphatic rings. The van der Waals surface area contributed by atoms with E-state index in [1.165, 1.54) is 19.0 Å². The molecular formula is C20H29N3O4. The number of carbonyl (C=O) groups is 1. The summed E-state index contributed by atoms with van der Waals surface area (Å²) in [5.41, 5.74) is -0.145. The first kappa shape index (κ1) is 18.5. The molecule has 7 nitrogen and oxygen atoms in total. The normalized spacial score (nSPS) is 20.9. The number of aliphatic hydroxyl groups is 1. The average Bonchev–Trinajstić information content (AvgIpc) is 3.45. The lowest BCUT2D eigenvalue weighted by molar-refractivity contribution is 0.0332. The molecule has 1 atom stereocenters. The lowest BCUT2D eigenvalue weighted by atomic mass is 9.94. The zero-order valence-corrected chi connectivity index (χ0v) is 16.1. The van der Waals surface area contributed by atoms with Crippen LogP contribution in [0.1, 0.15) is 70.4 Å². The van der Waals surface area contributed by atoms with Gasteiger partial charge in [0, 0.05) is 5.92 Å². The van der Waals surface area contributed by atoms with E-state index in [0.717, 1.165) is 37.8 Å². The lowest BCUT2D eigenvalue weighted by Gasteiger charge is -2.29. The summed E-state index contributed by atoms with van der Waals surface area (Å²) in [6, 6.07) is -0.359. The minimum atomic E-state index is -1.01. The van der Waals surface area contributed by atoms with Crippen molar-refractivity contribution in [3.63, 3.8) is 0 Å². The number of rotatable bonds is 9. The summed E-state index contributed by atoms with van der Waals surface area (Å²) >= 11 is 0. The van der Waals surface area contributed by atoms with Crippen molar-refractivity contribution in [2.24, 2.45) is 11.8 Å². The highest BCUT2D eigenvalue weighted by atomic mass is 16.6. The summed E-state index contributed by atoms with van der Waals surface area (Å²) in [5, 5.41) is 13.1. The number of nitrogens with one attached hydrogen (secondary N) is 1. The Balaban J connectivity index is 1.39. The molecule has 1 heterocycles. The van der Waals surface area contributed by atoms with Crippen molar-refractivity contribution in [1.29, 1.82) is 0 Å². The first-order chi connectivity index (χ1) is 12.9. The molecule has 3 aliphatic carbocycles. The maximum absolute atomic E-state index is 12.3. The Kier molecular flexibility index (Phi) is 4.97. The third-order valence-corrected chi connectivity index (χ3v) is 5.47. The standard InChI is InChI=1S/C20H29N3O4/c1-20(2,25)15(9-12-3-4-12)22-19(24)27-16-10-21-17(14-7-8-14)18(23-16)26-11-13-5-6-13/h10,12-15,25H,3-9,11H2,1-2H3,(H,22,24)/t15-/m0/s1. The molecular weight excluding hydrogens is 346 g/mol. The number of aromatic nitrogens is 2. The van der Waals surface area contributed by atoms with Gasteiger partial charge in [-0.1, -0.05) is 12.8 Å². The molecule has 0 radical (unpaired) electrons. The van der Waals surface area contributed by atoms with E-state index in [1.807, 2.05) is 0 Å². The predicted octanol–water partition coefficient (Wildman–Crippen LogP) is 3.17. The number of hydrogen-bond acceptors (Lipinski definition) is 6. The second-order valence-corrected chi connectivity index (χ2v) is 8.85. The molecule has 1 aromatic heterocycles. The van der Waals surface area contributed by atoms with Crippen molar-refractivity contribution in [2.75, 3.05) is 6.61 Å². The van der Waals surface area contributed by atoms with Crippen LogP contribution < -0.4 is 14.8 Å². The van der Waals surface area contributed by atoms with Gasteiger partial charge in [-0.25, -0.2) is 9.78 Å². The van der Waals surface area contributed by atoms with E-state index >= 15 is 0 Å². The van der Waals surface area contributed by atoms with Gasteiger partial charge in [0.25, 0.3) is 0 Å². The van der Waals surface area contributed by atoms with Crippen LogP contribution in [-0.2, 0) is 0 Å². The van der Waals surface area contributed by atoms with Gasteiger partial charge in [-0.3, -0.25) is 0 Å². The van der Waals surface area contributed by atoms with Crippen LogP contribution in [0.2, 0.25) is 0 Å². The van der Waals surface area contributed by atoms with E-state index in [0.29, 0.717) is 30.2 Å². The Morgan fingerprint density at radius 2 is 1.96 bits per heavy atom. The third-order valence-electron chi connectivity index (χ3n) is 5.47. The van der Waals surface area contributed by atoms with Crippen LogP contribution in [0.25, 0.3) is 0 Å². The summed E-state index contributed by atoms with van der Waals surface area (Å²) in [7, 11) is 0. The smallest absolute Gasteiger partial charge is 0.414 e. The molecule has 27 heavy (non-hydrogen) atoms. The molecule has 0 aromatic carbocycles. The number of amides is 1. The van der Waals surface area contributed by atoms with Crippen LogP contribution >= 0.6 is 0 Å². The zero-order chi connectivity index (χ0) is 19.0. The highest BCUT2D eigenvalue weighted by molar-refractivity contribution is 5.70. The van der Waals surface area contributed by atoms with E-state index in [9.17, 15) is 9.90 Å². The number of hydrogen-bond donors (Lipinski definition) is 2. The van der Waals surface area contributed by atoms with Gasteiger partial charge >= 0.3 is 6.09 Å². The van der Waals surface area contributed by atoms with Crippen molar-refractivity contribution in [2.45, 2.75) is 76.4 Å². The molecule has 1 aromatic rings. The largest absolute Gasteiger partial charge is 0.476 e. The lowest BCUT2D eigenvalue weighted by Crippen LogP contribution is -2.50. The summed E-state index contributed by atoms with van der Waals surface area (Å²) < 4.78 is 11.2. The van der Waals surface area contributed by atoms with Gasteiger partial charge in [-0.15, -0.1) is 0 Å². The molecule has 7 heteroatoms. The molecule has 4 rings (SSSR count). The van der Waals surface area contributed by atoms with Crippen LogP contribution in [-0.4, -0.2) is 39.4 Å². The van der Waals surface area contributed by atoms with Gasteiger partial charge in [0.2, 0.25) is 11.8 Å². The molecule has 1 amide bonds. The van der Waals surface area contributed by atoms with E-state index in [1.54, 1.807) is 13.8 Å². The second kappa shape index (κ2) is 7.26. The Morgan fingerprint density at radius 1 is 1.26 bits per heavy atom. The summed E-state index contributed by atoms with van der Waals surface area (Å²) in [6.45, 7) is 4.05. The summed E-state index contributed by atoms with van der Waals surface area (Å²) in [5.74, 6) is 2.21. The first-order valence-electron chi connectivity index (χ1n) is 10.1. The quantitative estimate of drug-likeness (QED) is 0.688. The minimum absolute atomic E-state index is 0.128. The van der Waals surface area contributed by atoms with Crippen LogP contribution in [0.15, 0.2) is 6.20 Å². The third kappa shape index (κ3) is 5.31. The zero-order valence-electron chi connectivity index (χ0n) is 16.1. The maximum atomic E-state index is 12.3. The Morgan fingerprint density at radius 3 is 2.56 bits per heavy atom. The molecule has 0 unspecified atom stereocenters. The maximum Gasteiger partial charge on any atom is 0.414 e. The van der Waals surface area contributed by atoms with Crippen LogP contribution in [0.3, 0.4) is 0 Å². The van der Waals surface area contributed by atoms with Gasteiger partial charge in [-0.2, -0.15) is 4.98 Å². The van der Waals surface area contributed by atoms with Crippen molar-refractivity contribution >= 4 is 6.09 Å². The molecule has 3 fully saturated rings.